The van der Waals surface area contributed by atoms with Crippen LogP contribution in [0.25, 0.3) is 11.1 Å². The number of aliphatic hydroxyl groups is 1. The largest absolute Gasteiger partial charge is 0.493 e. The van der Waals surface area contributed by atoms with Gasteiger partial charge in [-0.1, -0.05) is 25.1 Å². The Bertz CT molecular complexity index is 1400. The number of ether oxygens (including phenoxy) is 7. The van der Waals surface area contributed by atoms with E-state index >= 15 is 0 Å². The molecule has 0 radical (unpaired) electrons. The maximum Gasteiger partial charge on any atom is 0.338 e. The summed E-state index contributed by atoms with van der Waals surface area (Å²) in [5.41, 5.74) is 1.34. The number of carbonyl (C=O) groups is 1. The van der Waals surface area contributed by atoms with Gasteiger partial charge in [0.1, 0.15) is 5.60 Å². The number of methoxy groups -OCH3 is 4. The van der Waals surface area contributed by atoms with Crippen molar-refractivity contribution in [3.63, 3.8) is 0 Å². The predicted molar refractivity (Wildman–Crippen MR) is 142 cm³/mol. The lowest BCUT2D eigenvalue weighted by Crippen LogP contribution is -2.43. The Balaban J connectivity index is 1.87. The minimum absolute atomic E-state index is 0.0507. The maximum absolute atomic E-state index is 13.4. The van der Waals surface area contributed by atoms with Crippen molar-refractivity contribution in [3.8, 4) is 45.6 Å². The van der Waals surface area contributed by atoms with Crippen molar-refractivity contribution >= 4 is 5.97 Å². The van der Waals surface area contributed by atoms with Crippen LogP contribution in [0.3, 0.4) is 0 Å². The van der Waals surface area contributed by atoms with Crippen molar-refractivity contribution in [2.24, 2.45) is 5.92 Å². The van der Waals surface area contributed by atoms with Gasteiger partial charge in [0, 0.05) is 16.7 Å². The summed E-state index contributed by atoms with van der Waals surface area (Å²) in [4.78, 5) is 13.4. The molecule has 3 atom stereocenters. The van der Waals surface area contributed by atoms with Crippen LogP contribution in [-0.2, 0) is 11.2 Å². The van der Waals surface area contributed by atoms with Gasteiger partial charge in [0.25, 0.3) is 0 Å². The van der Waals surface area contributed by atoms with Gasteiger partial charge >= 0.3 is 5.97 Å². The standard InChI is InChI=1S/C30H32O9/c1-16-12-18-13-21-25(38-15-37-21)26(35-5)22(18)23-19(14-20(33-3)24(34-4)27(23)36-6)28(30(16,2)32)39-29(31)17-10-8-7-9-11-17/h7-11,13-14,16,28,32H,12,15H2,1-6H3/t16-,28-,30-/m1/s1. The van der Waals surface area contributed by atoms with Gasteiger partial charge in [-0.3, -0.25) is 0 Å². The van der Waals surface area contributed by atoms with Crippen LogP contribution in [0.15, 0.2) is 42.5 Å². The average Bonchev–Trinajstić information content (AvgIpc) is 3.42. The van der Waals surface area contributed by atoms with E-state index in [9.17, 15) is 9.90 Å². The van der Waals surface area contributed by atoms with E-state index in [1.54, 1.807) is 44.4 Å². The molecule has 5 rings (SSSR count). The van der Waals surface area contributed by atoms with Crippen molar-refractivity contribution in [2.45, 2.75) is 32.0 Å². The van der Waals surface area contributed by atoms with Gasteiger partial charge in [-0.2, -0.15) is 0 Å². The first kappa shape index (κ1) is 26.5. The SMILES string of the molecule is COc1cc2c(c(OC)c1OC)-c1c(cc3c(c1OC)OCO3)C[C@@H](C)[C@@](C)(O)[C@@H]2OC(=O)c1ccccc1. The molecular formula is C30H32O9. The Hall–Kier alpha value is -4.11. The van der Waals surface area contributed by atoms with Gasteiger partial charge in [-0.05, 0) is 49.1 Å². The van der Waals surface area contributed by atoms with Crippen LogP contribution in [0.2, 0.25) is 0 Å². The Morgan fingerprint density at radius 3 is 2.26 bits per heavy atom. The molecule has 0 spiro atoms. The topological polar surface area (TPSA) is 102 Å². The number of rotatable bonds is 6. The second-order valence-corrected chi connectivity index (χ2v) is 9.77. The highest BCUT2D eigenvalue weighted by Gasteiger charge is 2.47. The Labute approximate surface area is 227 Å². The molecule has 9 nitrogen and oxygen atoms in total. The van der Waals surface area contributed by atoms with Crippen LogP contribution in [-0.4, -0.2) is 51.9 Å². The summed E-state index contributed by atoms with van der Waals surface area (Å²) in [6.45, 7) is 3.63. The van der Waals surface area contributed by atoms with E-state index in [4.69, 9.17) is 33.2 Å². The minimum atomic E-state index is -1.51. The summed E-state index contributed by atoms with van der Waals surface area (Å²) >= 11 is 0. The van der Waals surface area contributed by atoms with Crippen molar-refractivity contribution < 1.29 is 43.1 Å². The lowest BCUT2D eigenvalue weighted by atomic mass is 9.73. The van der Waals surface area contributed by atoms with E-state index in [0.717, 1.165) is 5.56 Å². The summed E-state index contributed by atoms with van der Waals surface area (Å²) in [7, 11) is 6.08. The summed E-state index contributed by atoms with van der Waals surface area (Å²) in [6, 6.07) is 12.3. The number of esters is 1. The van der Waals surface area contributed by atoms with E-state index in [1.807, 2.05) is 19.1 Å². The van der Waals surface area contributed by atoms with Crippen molar-refractivity contribution in [2.75, 3.05) is 35.2 Å². The fourth-order valence-corrected chi connectivity index (χ4v) is 5.37. The van der Waals surface area contributed by atoms with Gasteiger partial charge in [0.05, 0.1) is 34.0 Å². The monoisotopic (exact) mass is 536 g/mol. The second kappa shape index (κ2) is 10.2. The summed E-state index contributed by atoms with van der Waals surface area (Å²) in [6.07, 6.45) is -0.710. The third-order valence-corrected chi connectivity index (χ3v) is 7.59. The van der Waals surface area contributed by atoms with E-state index in [1.165, 1.54) is 21.3 Å². The normalized spacial score (nSPS) is 21.1. The van der Waals surface area contributed by atoms with Crippen molar-refractivity contribution in [1.82, 2.24) is 0 Å². The lowest BCUT2D eigenvalue weighted by molar-refractivity contribution is -0.107. The highest BCUT2D eigenvalue weighted by molar-refractivity contribution is 5.91. The van der Waals surface area contributed by atoms with E-state index < -0.39 is 17.7 Å². The average molecular weight is 537 g/mol. The molecule has 206 valence electrons. The molecule has 0 saturated heterocycles. The highest BCUT2D eigenvalue weighted by Crippen LogP contribution is 2.59. The smallest absolute Gasteiger partial charge is 0.338 e. The fraction of sp³-hybridized carbons (Fsp3) is 0.367. The number of carbonyl (C=O) groups excluding carboxylic acids is 1. The molecular weight excluding hydrogens is 504 g/mol. The van der Waals surface area contributed by atoms with Crippen LogP contribution in [0.1, 0.15) is 41.4 Å². The Kier molecular flexibility index (Phi) is 6.94. The Morgan fingerprint density at radius 2 is 1.62 bits per heavy atom. The lowest BCUT2D eigenvalue weighted by Gasteiger charge is -2.41. The fourth-order valence-electron chi connectivity index (χ4n) is 5.37. The first-order valence-corrected chi connectivity index (χ1v) is 12.6. The minimum Gasteiger partial charge on any atom is -0.493 e. The van der Waals surface area contributed by atoms with Gasteiger partial charge in [-0.15, -0.1) is 0 Å². The first-order valence-electron chi connectivity index (χ1n) is 12.6. The molecule has 2 aliphatic rings. The molecule has 0 saturated carbocycles. The van der Waals surface area contributed by atoms with E-state index in [2.05, 4.69) is 0 Å². The molecule has 1 heterocycles. The molecule has 3 aromatic rings. The zero-order chi connectivity index (χ0) is 27.9. The molecule has 1 aliphatic carbocycles. The van der Waals surface area contributed by atoms with E-state index in [0.29, 0.717) is 63.2 Å². The number of hydrogen-bond acceptors (Lipinski definition) is 9. The molecule has 1 N–H and O–H groups in total. The molecule has 0 fully saturated rings. The van der Waals surface area contributed by atoms with Crippen molar-refractivity contribution in [1.29, 1.82) is 0 Å². The number of benzene rings is 3. The summed E-state index contributed by atoms with van der Waals surface area (Å²) < 4.78 is 40.9. The van der Waals surface area contributed by atoms with Gasteiger partial charge in [0.15, 0.2) is 29.1 Å². The third kappa shape index (κ3) is 4.27. The van der Waals surface area contributed by atoms with Crippen molar-refractivity contribution in [3.05, 3.63) is 59.2 Å². The second-order valence-electron chi connectivity index (χ2n) is 9.77. The third-order valence-electron chi connectivity index (χ3n) is 7.59. The molecule has 1 aliphatic heterocycles. The maximum atomic E-state index is 13.4. The van der Waals surface area contributed by atoms with Gasteiger partial charge < -0.3 is 38.3 Å². The van der Waals surface area contributed by atoms with E-state index in [-0.39, 0.29) is 12.7 Å². The zero-order valence-corrected chi connectivity index (χ0v) is 22.8. The zero-order valence-electron chi connectivity index (χ0n) is 22.8. The molecule has 0 bridgehead atoms. The first-order chi connectivity index (χ1) is 18.8. The summed E-state index contributed by atoms with van der Waals surface area (Å²) in [5, 5.41) is 12.1. The molecule has 3 aromatic carbocycles. The predicted octanol–water partition coefficient (Wildman–Crippen LogP) is 4.96. The van der Waals surface area contributed by atoms with Gasteiger partial charge in [0.2, 0.25) is 18.3 Å². The van der Waals surface area contributed by atoms with Crippen LogP contribution >= 0.6 is 0 Å². The molecule has 0 amide bonds. The van der Waals surface area contributed by atoms with Crippen LogP contribution < -0.4 is 28.4 Å². The molecule has 39 heavy (non-hydrogen) atoms. The van der Waals surface area contributed by atoms with Crippen LogP contribution in [0, 0.1) is 5.92 Å². The highest BCUT2D eigenvalue weighted by atomic mass is 16.7. The number of hydrogen-bond donors (Lipinski definition) is 1. The molecule has 0 aromatic heterocycles. The molecule has 9 heteroatoms. The summed E-state index contributed by atoms with van der Waals surface area (Å²) in [5.74, 6) is 1.51. The van der Waals surface area contributed by atoms with Gasteiger partial charge in [-0.25, -0.2) is 4.79 Å². The Morgan fingerprint density at radius 1 is 0.923 bits per heavy atom. The number of fused-ring (bicyclic) bond motifs is 4. The molecule has 0 unspecified atom stereocenters. The quantitative estimate of drug-likeness (QED) is 0.438. The van der Waals surface area contributed by atoms with Crippen LogP contribution in [0.5, 0.6) is 34.5 Å². The van der Waals surface area contributed by atoms with Crippen LogP contribution in [0.4, 0.5) is 0 Å².